The molecule has 0 aliphatic carbocycles. The molecular formula is C16H13I2N2Tl. The van der Waals surface area contributed by atoms with Crippen molar-refractivity contribution in [2.75, 3.05) is 0 Å². The van der Waals surface area contributed by atoms with Gasteiger partial charge in [0.25, 0.3) is 0 Å². The fourth-order valence-corrected chi connectivity index (χ4v) is 3.22. The van der Waals surface area contributed by atoms with Gasteiger partial charge in [-0.2, -0.15) is 0 Å². The van der Waals surface area contributed by atoms with Crippen molar-refractivity contribution in [3.05, 3.63) is 52.7 Å². The first-order valence-corrected chi connectivity index (χ1v) is 10.9. The standard InChI is InChI=1S/C16H13I2N2.Tl/c1-3-11-4-6-12(7-5-11)15-13(9-19)10(2)8-14(20-15)16(17)18;/h4-8H,3H2,1-2H3;. The second-order valence-electron chi connectivity index (χ2n) is 4.83. The Morgan fingerprint density at radius 2 is 1.90 bits per heavy atom. The van der Waals surface area contributed by atoms with Crippen LogP contribution in [0.2, 0.25) is 0 Å². The number of alkyl halides is 2. The maximum atomic E-state index is 9.47. The molecule has 0 aliphatic heterocycles. The van der Waals surface area contributed by atoms with Crippen molar-refractivity contribution in [3.63, 3.8) is 0 Å². The van der Waals surface area contributed by atoms with Gasteiger partial charge in [0.1, 0.15) is 0 Å². The van der Waals surface area contributed by atoms with Gasteiger partial charge in [0.05, 0.1) is 0 Å². The summed E-state index contributed by atoms with van der Waals surface area (Å²) in [4.78, 5) is 4.81. The molecule has 0 N–H and O–H groups in total. The van der Waals surface area contributed by atoms with Crippen LogP contribution >= 0.6 is 45.2 Å². The summed E-state index contributed by atoms with van der Waals surface area (Å²) in [5.41, 5.74) is 5.90. The predicted octanol–water partition coefficient (Wildman–Crippen LogP) is 4.64. The zero-order valence-electron chi connectivity index (χ0n) is 11.8. The molecule has 0 aliphatic rings. The molecule has 2 aromatic rings. The summed E-state index contributed by atoms with van der Waals surface area (Å²) >= 11 is 5.67. The van der Waals surface area contributed by atoms with Gasteiger partial charge in [0.15, 0.2) is 0 Å². The third kappa shape index (κ3) is 4.16. The molecule has 0 amide bonds. The Morgan fingerprint density at radius 3 is 2.38 bits per heavy atom. The van der Waals surface area contributed by atoms with Crippen LogP contribution < -0.4 is 0 Å². The Hall–Kier alpha value is 0.242. The Morgan fingerprint density at radius 1 is 1.29 bits per heavy atom. The van der Waals surface area contributed by atoms with Crippen LogP contribution in [0.4, 0.5) is 0 Å². The number of nitrogens with zero attached hydrogens (tertiary/aromatic N) is 2. The van der Waals surface area contributed by atoms with Gasteiger partial charge in [-0.1, -0.05) is 0 Å². The summed E-state index contributed by atoms with van der Waals surface area (Å²) in [6, 6.07) is 12.7. The first kappa shape index (κ1) is 17.6. The van der Waals surface area contributed by atoms with E-state index in [0.717, 1.165) is 54.7 Å². The van der Waals surface area contributed by atoms with Crippen molar-refractivity contribution in [1.29, 1.82) is 5.26 Å². The minimum absolute atomic E-state index is 0.0758. The molecule has 1 aromatic carbocycles. The van der Waals surface area contributed by atoms with Gasteiger partial charge in [-0.3, -0.25) is 0 Å². The van der Waals surface area contributed by atoms with E-state index in [4.69, 9.17) is 4.98 Å². The molecule has 1 aromatic heterocycles. The van der Waals surface area contributed by atoms with Crippen LogP contribution in [0.5, 0.6) is 0 Å². The van der Waals surface area contributed by atoms with E-state index in [-0.39, 0.29) is -1.01 Å². The number of aromatic nitrogens is 1. The first-order chi connectivity index (χ1) is 9.86. The average molecular weight is 691 g/mol. The summed E-state index contributed by atoms with van der Waals surface area (Å²) in [7, 11) is 0. The normalized spacial score (nSPS) is 11.1. The van der Waals surface area contributed by atoms with E-state index in [1.807, 2.05) is 6.92 Å². The van der Waals surface area contributed by atoms with Crippen LogP contribution in [0, 0.1) is 18.3 Å². The third-order valence-electron chi connectivity index (χ3n) is 3.31. The summed E-state index contributed by atoms with van der Waals surface area (Å²) in [6.45, 7) is 4.14. The van der Waals surface area contributed by atoms with Crippen molar-refractivity contribution in [2.45, 2.75) is 19.3 Å². The number of nitriles is 1. The fraction of sp³-hybridized carbons (Fsp3) is 0.250. The Labute approximate surface area is 168 Å². The van der Waals surface area contributed by atoms with Crippen molar-refractivity contribution in [2.24, 2.45) is 0 Å². The van der Waals surface area contributed by atoms with Gasteiger partial charge in [0.2, 0.25) is 0 Å². The van der Waals surface area contributed by atoms with Gasteiger partial charge in [0, 0.05) is 0 Å². The molecule has 0 spiro atoms. The predicted molar refractivity (Wildman–Crippen MR) is 104 cm³/mol. The van der Waals surface area contributed by atoms with Crippen LogP contribution in [0.3, 0.4) is 0 Å². The van der Waals surface area contributed by atoms with Gasteiger partial charge in [-0.15, -0.1) is 0 Å². The van der Waals surface area contributed by atoms with E-state index < -0.39 is 0 Å². The van der Waals surface area contributed by atoms with E-state index in [2.05, 4.69) is 88.5 Å². The topological polar surface area (TPSA) is 36.7 Å². The molecule has 0 atom stereocenters. The number of aryl methyl sites for hydroxylation is 2. The Kier molecular flexibility index (Phi) is 6.04. The molecule has 5 heteroatoms. The van der Waals surface area contributed by atoms with E-state index in [0.29, 0.717) is 5.56 Å². The Balaban J connectivity index is 2.65. The van der Waals surface area contributed by atoms with Crippen LogP contribution in [-0.4, -0.2) is 30.8 Å². The molecule has 104 valence electrons. The SMILES string of the molecule is CCc1ccc(-c2nc([C](I)(I)[Tl])cc(C)c2C#N)cc1. The van der Waals surface area contributed by atoms with Crippen LogP contribution in [0.1, 0.15) is 29.3 Å². The first-order valence-electron chi connectivity index (χ1n) is 6.55. The summed E-state index contributed by atoms with van der Waals surface area (Å²) < 4.78 is 0.0758. The van der Waals surface area contributed by atoms with E-state index in [1.54, 1.807) is 0 Å². The zero-order valence-corrected chi connectivity index (χ0v) is 20.6. The van der Waals surface area contributed by atoms with E-state index in [9.17, 15) is 5.26 Å². The minimum atomic E-state index is 0.0758. The molecule has 0 radical (unpaired) electrons. The van der Waals surface area contributed by atoms with Crippen molar-refractivity contribution >= 4 is 70.9 Å². The molecule has 2 nitrogen and oxygen atoms in total. The molecule has 0 bridgehead atoms. The van der Waals surface area contributed by atoms with Crippen LogP contribution in [0.15, 0.2) is 30.3 Å². The molecule has 0 saturated carbocycles. The van der Waals surface area contributed by atoms with Gasteiger partial charge < -0.3 is 0 Å². The van der Waals surface area contributed by atoms with Crippen molar-refractivity contribution < 1.29 is 0 Å². The van der Waals surface area contributed by atoms with Crippen molar-refractivity contribution in [1.82, 2.24) is 4.98 Å². The molecule has 2 rings (SSSR count). The molecule has 0 saturated heterocycles. The molecule has 1 heterocycles. The van der Waals surface area contributed by atoms with Crippen LogP contribution in [0.25, 0.3) is 11.3 Å². The van der Waals surface area contributed by atoms with Gasteiger partial charge in [-0.05, 0) is 0 Å². The summed E-state index contributed by atoms with van der Waals surface area (Å²) in [5, 5.41) is 9.47. The second-order valence-corrected chi connectivity index (χ2v) is 22.8. The van der Waals surface area contributed by atoms with E-state index >= 15 is 0 Å². The maximum absolute atomic E-state index is 9.47. The fourth-order valence-electron chi connectivity index (χ4n) is 2.09. The number of pyridine rings is 1. The Bertz CT molecular complexity index is 698. The average Bonchev–Trinajstić information content (AvgIpc) is 2.45. The third-order valence-corrected chi connectivity index (χ3v) is 5.56. The zero-order chi connectivity index (χ0) is 15.6. The molecule has 0 fully saturated rings. The number of hydrogen-bond donors (Lipinski definition) is 0. The second kappa shape index (κ2) is 7.21. The summed E-state index contributed by atoms with van der Waals surface area (Å²) in [5.74, 6) is 0. The van der Waals surface area contributed by atoms with Crippen molar-refractivity contribution in [3.8, 4) is 17.3 Å². The number of benzene rings is 1. The molecule has 21 heavy (non-hydrogen) atoms. The molecular weight excluding hydrogens is 678 g/mol. The monoisotopic (exact) mass is 692 g/mol. The van der Waals surface area contributed by atoms with E-state index in [1.165, 1.54) is 5.56 Å². The quantitative estimate of drug-likeness (QED) is 0.268. The van der Waals surface area contributed by atoms with Gasteiger partial charge in [-0.25, -0.2) is 0 Å². The molecule has 0 unspecified atom stereocenters. The van der Waals surface area contributed by atoms with Gasteiger partial charge >= 0.3 is 170 Å². The number of halogens is 2. The number of rotatable bonds is 3. The van der Waals surface area contributed by atoms with Crippen LogP contribution in [-0.2, 0) is 5.41 Å². The summed E-state index contributed by atoms with van der Waals surface area (Å²) in [6.07, 6.45) is 1.02. The number of hydrogen-bond acceptors (Lipinski definition) is 2.